The summed E-state index contributed by atoms with van der Waals surface area (Å²) in [5, 5.41) is 9.92. The number of nitrogens with two attached hydrogens (primary N) is 1. The van der Waals surface area contributed by atoms with E-state index in [0.29, 0.717) is 23.3 Å². The molecule has 0 saturated heterocycles. The Kier molecular flexibility index (Phi) is 2.84. The Labute approximate surface area is 127 Å². The van der Waals surface area contributed by atoms with Gasteiger partial charge in [-0.1, -0.05) is 49.3 Å². The molecule has 0 aromatic carbocycles. The molecule has 2 heteroatoms. The molecule has 4 aliphatic rings. The topological polar surface area (TPSA) is 46.2 Å². The molecule has 0 aromatic rings. The molecule has 0 bridgehead atoms. The van der Waals surface area contributed by atoms with Crippen LogP contribution >= 0.6 is 0 Å². The van der Waals surface area contributed by atoms with Crippen molar-refractivity contribution >= 4 is 0 Å². The van der Waals surface area contributed by atoms with E-state index in [1.807, 2.05) is 6.08 Å². The first-order valence-corrected chi connectivity index (χ1v) is 8.49. The van der Waals surface area contributed by atoms with Crippen LogP contribution in [0.15, 0.2) is 35.5 Å². The van der Waals surface area contributed by atoms with Crippen molar-refractivity contribution in [3.63, 3.8) is 0 Å². The van der Waals surface area contributed by atoms with Crippen LogP contribution in [-0.2, 0) is 0 Å². The normalized spacial score (nSPS) is 51.6. The van der Waals surface area contributed by atoms with Crippen LogP contribution in [0.3, 0.4) is 0 Å². The quantitative estimate of drug-likeness (QED) is 0.671. The molecule has 0 aliphatic heterocycles. The zero-order valence-corrected chi connectivity index (χ0v) is 13.2. The molecule has 2 fully saturated rings. The third-order valence-electron chi connectivity index (χ3n) is 7.17. The maximum Gasteiger partial charge on any atom is 0.0758 e. The molecular weight excluding hydrogens is 258 g/mol. The van der Waals surface area contributed by atoms with Crippen molar-refractivity contribution in [3.05, 3.63) is 35.5 Å². The molecule has 0 spiro atoms. The summed E-state index contributed by atoms with van der Waals surface area (Å²) in [7, 11) is 0. The highest BCUT2D eigenvalue weighted by Crippen LogP contribution is 2.61. The minimum Gasteiger partial charge on any atom is -0.389 e. The second-order valence-electron chi connectivity index (χ2n) is 8.11. The van der Waals surface area contributed by atoms with Gasteiger partial charge in [-0.25, -0.2) is 0 Å². The predicted octanol–water partition coefficient (Wildman–Crippen LogP) is 3.33. The summed E-state index contributed by atoms with van der Waals surface area (Å²) >= 11 is 0. The molecule has 2 nitrogen and oxygen atoms in total. The lowest BCUT2D eigenvalue weighted by atomic mass is 9.52. The summed E-state index contributed by atoms with van der Waals surface area (Å²) in [5.74, 6) is 1.28. The first-order valence-electron chi connectivity index (χ1n) is 8.49. The molecule has 3 N–H and O–H groups in total. The Morgan fingerprint density at radius 3 is 2.76 bits per heavy atom. The van der Waals surface area contributed by atoms with Gasteiger partial charge in [0.25, 0.3) is 0 Å². The van der Waals surface area contributed by atoms with Crippen LogP contribution in [0.2, 0.25) is 0 Å². The lowest BCUT2D eigenvalue weighted by molar-refractivity contribution is 0.110. The lowest BCUT2D eigenvalue weighted by Gasteiger charge is -2.52. The fourth-order valence-electron chi connectivity index (χ4n) is 5.63. The number of fused-ring (bicyclic) bond motifs is 5. The monoisotopic (exact) mass is 285 g/mol. The summed E-state index contributed by atoms with van der Waals surface area (Å²) in [5.41, 5.74) is 9.93. The number of rotatable bonds is 0. The number of hydrogen-bond acceptors (Lipinski definition) is 2. The van der Waals surface area contributed by atoms with Crippen LogP contribution in [-0.4, -0.2) is 17.3 Å². The van der Waals surface area contributed by atoms with E-state index in [-0.39, 0.29) is 11.5 Å². The third-order valence-corrected chi connectivity index (χ3v) is 7.17. The Bertz CT molecular complexity index is 560. The Hall–Kier alpha value is -0.860. The SMILES string of the molecule is C[C@]12C=CC(O)CC1=CC=C1[C@H]2CC[C@]2(C)C(N)CC[C@@H]12. The summed E-state index contributed by atoms with van der Waals surface area (Å²) in [6, 6.07) is 0.367. The highest BCUT2D eigenvalue weighted by Gasteiger charge is 2.54. The minimum atomic E-state index is -0.298. The zero-order valence-electron chi connectivity index (χ0n) is 13.2. The second-order valence-corrected chi connectivity index (χ2v) is 8.11. The Balaban J connectivity index is 1.77. The number of hydrogen-bond donors (Lipinski definition) is 2. The first kappa shape index (κ1) is 13.8. The summed E-state index contributed by atoms with van der Waals surface area (Å²) < 4.78 is 0. The molecule has 0 amide bonds. The molecule has 21 heavy (non-hydrogen) atoms. The van der Waals surface area contributed by atoms with E-state index in [9.17, 15) is 5.11 Å². The minimum absolute atomic E-state index is 0.122. The van der Waals surface area contributed by atoms with Crippen molar-refractivity contribution in [1.82, 2.24) is 0 Å². The van der Waals surface area contributed by atoms with E-state index in [1.54, 1.807) is 5.57 Å². The highest BCUT2D eigenvalue weighted by molar-refractivity contribution is 5.42. The second kappa shape index (κ2) is 4.33. The Morgan fingerprint density at radius 2 is 1.95 bits per heavy atom. The molecule has 0 aromatic heterocycles. The van der Waals surface area contributed by atoms with E-state index in [1.165, 1.54) is 31.3 Å². The average Bonchev–Trinajstić information content (AvgIpc) is 2.76. The van der Waals surface area contributed by atoms with Gasteiger partial charge in [-0.2, -0.15) is 0 Å². The van der Waals surface area contributed by atoms with Crippen molar-refractivity contribution in [2.24, 2.45) is 28.4 Å². The lowest BCUT2D eigenvalue weighted by Crippen LogP contribution is -2.47. The van der Waals surface area contributed by atoms with Crippen molar-refractivity contribution < 1.29 is 5.11 Å². The van der Waals surface area contributed by atoms with Crippen LogP contribution in [0, 0.1) is 22.7 Å². The summed E-state index contributed by atoms with van der Waals surface area (Å²) in [6.45, 7) is 4.78. The molecule has 4 rings (SSSR count). The van der Waals surface area contributed by atoms with E-state index in [0.717, 1.165) is 6.42 Å². The molecule has 0 heterocycles. The van der Waals surface area contributed by atoms with Crippen molar-refractivity contribution in [2.45, 2.75) is 58.1 Å². The van der Waals surface area contributed by atoms with Gasteiger partial charge in [-0.05, 0) is 49.4 Å². The fourth-order valence-corrected chi connectivity index (χ4v) is 5.63. The van der Waals surface area contributed by atoms with Crippen LogP contribution in [0.4, 0.5) is 0 Å². The van der Waals surface area contributed by atoms with Crippen LogP contribution in [0.5, 0.6) is 0 Å². The maximum absolute atomic E-state index is 9.92. The van der Waals surface area contributed by atoms with E-state index in [2.05, 4.69) is 32.1 Å². The number of aliphatic hydroxyl groups excluding tert-OH is 1. The van der Waals surface area contributed by atoms with Gasteiger partial charge in [-0.15, -0.1) is 0 Å². The van der Waals surface area contributed by atoms with Crippen molar-refractivity contribution in [3.8, 4) is 0 Å². The average molecular weight is 285 g/mol. The fraction of sp³-hybridized carbons (Fsp3) is 0.684. The molecule has 4 aliphatic carbocycles. The molecule has 0 radical (unpaired) electrons. The molecule has 114 valence electrons. The van der Waals surface area contributed by atoms with Gasteiger partial charge in [0.2, 0.25) is 0 Å². The van der Waals surface area contributed by atoms with Crippen molar-refractivity contribution in [2.75, 3.05) is 0 Å². The summed E-state index contributed by atoms with van der Waals surface area (Å²) in [4.78, 5) is 0. The first-order chi connectivity index (χ1) is 9.95. The van der Waals surface area contributed by atoms with Crippen LogP contribution in [0.1, 0.15) is 46.0 Å². The molecule has 2 unspecified atom stereocenters. The van der Waals surface area contributed by atoms with E-state index < -0.39 is 0 Å². The van der Waals surface area contributed by atoms with Crippen molar-refractivity contribution in [1.29, 1.82) is 0 Å². The van der Waals surface area contributed by atoms with Crippen LogP contribution in [0.25, 0.3) is 0 Å². The largest absolute Gasteiger partial charge is 0.389 e. The number of allylic oxidation sites excluding steroid dienone is 4. The smallest absolute Gasteiger partial charge is 0.0758 e. The molecular formula is C19H27NO. The van der Waals surface area contributed by atoms with Gasteiger partial charge < -0.3 is 10.8 Å². The van der Waals surface area contributed by atoms with E-state index >= 15 is 0 Å². The maximum atomic E-state index is 9.92. The Morgan fingerprint density at radius 1 is 1.14 bits per heavy atom. The number of aliphatic hydroxyl groups is 1. The molecule has 2 saturated carbocycles. The highest BCUT2D eigenvalue weighted by atomic mass is 16.3. The van der Waals surface area contributed by atoms with Gasteiger partial charge >= 0.3 is 0 Å². The molecule has 6 atom stereocenters. The van der Waals surface area contributed by atoms with Gasteiger partial charge in [0.05, 0.1) is 6.10 Å². The van der Waals surface area contributed by atoms with Gasteiger partial charge in [0, 0.05) is 11.5 Å². The third kappa shape index (κ3) is 1.72. The standard InChI is InChI=1S/C19H27NO/c1-18-9-7-13(21)11-12(18)3-4-14-15-5-6-17(20)19(15,2)10-8-16(14)18/h3-4,7,9,13,15-17,21H,5-6,8,10-11,20H2,1-2H3/t13?,15-,16+,17?,18-,19-/m0/s1. The van der Waals surface area contributed by atoms with Gasteiger partial charge in [0.1, 0.15) is 0 Å². The predicted molar refractivity (Wildman–Crippen MR) is 85.6 cm³/mol. The van der Waals surface area contributed by atoms with Gasteiger partial charge in [0.15, 0.2) is 0 Å². The van der Waals surface area contributed by atoms with E-state index in [4.69, 9.17) is 5.73 Å². The van der Waals surface area contributed by atoms with Crippen LogP contribution < -0.4 is 5.73 Å². The summed E-state index contributed by atoms with van der Waals surface area (Å²) in [6.07, 6.45) is 14.4. The van der Waals surface area contributed by atoms with Gasteiger partial charge in [-0.3, -0.25) is 0 Å². The zero-order chi connectivity index (χ0) is 14.8.